The average molecular weight is 623 g/mol. The number of amides is 4. The predicted octanol–water partition coefficient (Wildman–Crippen LogP) is 3.04. The fraction of sp³-hybridized carbons (Fsp3) is 0.471. The molecule has 2 N–H and O–H groups in total. The number of fused-ring (bicyclic) bond motifs is 1. The van der Waals surface area contributed by atoms with Crippen molar-refractivity contribution in [1.29, 1.82) is 0 Å². The fourth-order valence-corrected chi connectivity index (χ4v) is 7.16. The van der Waals surface area contributed by atoms with Crippen LogP contribution in [0.25, 0.3) is 11.3 Å². The third-order valence-corrected chi connectivity index (χ3v) is 10.2. The number of benzene rings is 1. The maximum absolute atomic E-state index is 13.2. The zero-order chi connectivity index (χ0) is 31.5. The van der Waals surface area contributed by atoms with E-state index in [1.54, 1.807) is 18.2 Å². The summed E-state index contributed by atoms with van der Waals surface area (Å²) in [5.41, 5.74) is 4.67. The molecule has 0 spiro atoms. The van der Waals surface area contributed by atoms with Gasteiger partial charge in [-0.05, 0) is 75.4 Å². The summed E-state index contributed by atoms with van der Waals surface area (Å²) in [6.45, 7) is 4.80. The fourth-order valence-electron chi connectivity index (χ4n) is 7.16. The summed E-state index contributed by atoms with van der Waals surface area (Å²) in [5, 5.41) is 10.8. The Morgan fingerprint density at radius 2 is 1.70 bits per heavy atom. The summed E-state index contributed by atoms with van der Waals surface area (Å²) < 4.78 is 2.16. The Bertz CT molecular complexity index is 1730. The van der Waals surface area contributed by atoms with Gasteiger partial charge in [0, 0.05) is 62.5 Å². The molecule has 46 heavy (non-hydrogen) atoms. The van der Waals surface area contributed by atoms with Gasteiger partial charge < -0.3 is 15.1 Å². The van der Waals surface area contributed by atoms with Crippen LogP contribution in [0.5, 0.6) is 0 Å². The Balaban J connectivity index is 0.906. The van der Waals surface area contributed by atoms with Crippen LogP contribution >= 0.6 is 0 Å². The lowest BCUT2D eigenvalue weighted by atomic mass is 9.80. The number of piperidine rings is 1. The highest BCUT2D eigenvalue weighted by atomic mass is 16.2. The molecule has 0 bridgehead atoms. The van der Waals surface area contributed by atoms with Gasteiger partial charge in [-0.2, -0.15) is 5.10 Å². The van der Waals surface area contributed by atoms with E-state index in [9.17, 15) is 19.2 Å². The van der Waals surface area contributed by atoms with Crippen molar-refractivity contribution in [1.82, 2.24) is 29.9 Å². The number of rotatable bonds is 8. The molecule has 0 radical (unpaired) electrons. The van der Waals surface area contributed by atoms with Gasteiger partial charge in [-0.15, -0.1) is 0 Å². The van der Waals surface area contributed by atoms with Crippen LogP contribution in [0, 0.1) is 5.92 Å². The highest BCUT2D eigenvalue weighted by Crippen LogP contribution is 2.46. The minimum absolute atomic E-state index is 0.0989. The van der Waals surface area contributed by atoms with Gasteiger partial charge in [-0.3, -0.25) is 34.1 Å². The van der Waals surface area contributed by atoms with Crippen molar-refractivity contribution in [3.63, 3.8) is 0 Å². The van der Waals surface area contributed by atoms with Crippen molar-refractivity contribution in [3.8, 4) is 11.3 Å². The quantitative estimate of drug-likeness (QED) is 0.364. The van der Waals surface area contributed by atoms with Crippen molar-refractivity contribution >= 4 is 35.1 Å². The largest absolute Gasteiger partial charge is 0.385 e. The summed E-state index contributed by atoms with van der Waals surface area (Å²) in [6, 6.07) is 10.9. The molecule has 4 fully saturated rings. The molecule has 2 saturated carbocycles. The van der Waals surface area contributed by atoms with Gasteiger partial charge in [0.25, 0.3) is 11.8 Å². The van der Waals surface area contributed by atoms with Crippen molar-refractivity contribution in [3.05, 3.63) is 59.4 Å². The molecule has 5 aliphatic rings. The number of hydrogen-bond donors (Lipinski definition) is 2. The molecule has 3 aromatic rings. The van der Waals surface area contributed by atoms with Crippen LogP contribution in [0.1, 0.15) is 76.9 Å². The molecule has 12 nitrogen and oxygen atoms in total. The van der Waals surface area contributed by atoms with Crippen LogP contribution in [0.15, 0.2) is 42.6 Å². The number of imide groups is 2. The zero-order valence-corrected chi connectivity index (χ0v) is 25.9. The number of anilines is 2. The minimum atomic E-state index is -0.965. The molecular weight excluding hydrogens is 584 g/mol. The number of aromatic nitrogens is 3. The lowest BCUT2D eigenvalue weighted by Gasteiger charge is -2.35. The lowest BCUT2D eigenvalue weighted by Crippen LogP contribution is -2.54. The average Bonchev–Trinajstić information content (AvgIpc) is 3.74. The lowest BCUT2D eigenvalue weighted by molar-refractivity contribution is -0.136. The van der Waals surface area contributed by atoms with Gasteiger partial charge >= 0.3 is 0 Å². The van der Waals surface area contributed by atoms with E-state index < -0.39 is 23.8 Å². The van der Waals surface area contributed by atoms with E-state index in [1.807, 2.05) is 0 Å². The SMILES string of the molecule is CN1CCN(c2cccc(-c3cn(C4CC(CNc5ccc6c(c5)C(=O)N(C5CCC(=O)NC5=O)C6=O)C4)nc3C3CC3)n2)CC1. The zero-order valence-electron chi connectivity index (χ0n) is 25.9. The molecule has 2 aliphatic carbocycles. The Morgan fingerprint density at radius 3 is 2.46 bits per heavy atom. The summed E-state index contributed by atoms with van der Waals surface area (Å²) in [6.07, 6.45) is 6.80. The van der Waals surface area contributed by atoms with E-state index in [1.165, 1.54) is 18.5 Å². The molecule has 4 amide bonds. The van der Waals surface area contributed by atoms with Crippen LogP contribution in [-0.4, -0.2) is 94.0 Å². The molecule has 12 heteroatoms. The van der Waals surface area contributed by atoms with E-state index >= 15 is 0 Å². The molecule has 2 saturated heterocycles. The summed E-state index contributed by atoms with van der Waals surface area (Å²) in [5.74, 6) is 0.0281. The smallest absolute Gasteiger partial charge is 0.262 e. The third kappa shape index (κ3) is 5.24. The molecule has 1 atom stereocenters. The number of carbonyl (C=O) groups is 4. The number of piperazine rings is 1. The van der Waals surface area contributed by atoms with Gasteiger partial charge in [0.2, 0.25) is 11.8 Å². The topological polar surface area (TPSA) is 133 Å². The number of nitrogens with zero attached hydrogens (tertiary/aromatic N) is 6. The van der Waals surface area contributed by atoms with E-state index in [2.05, 4.69) is 56.6 Å². The standard InChI is InChI=1S/C34H38N8O4/c1-39-11-13-40(14-12-39)29-4-2-3-27(36-29)26-19-41(38-31(26)21-5-6-21)23-15-20(16-23)18-35-22-7-8-24-25(17-22)34(46)42(33(24)45)28-9-10-30(43)37-32(28)44/h2-4,7-8,17,19-21,23,28,35H,5-6,9-16,18H2,1H3,(H,37,43,44). The van der Waals surface area contributed by atoms with Crippen LogP contribution in [0.3, 0.4) is 0 Å². The normalized spacial score (nSPS) is 25.0. The predicted molar refractivity (Wildman–Crippen MR) is 171 cm³/mol. The minimum Gasteiger partial charge on any atom is -0.385 e. The van der Waals surface area contributed by atoms with Gasteiger partial charge in [-0.25, -0.2) is 4.98 Å². The second-order valence-electron chi connectivity index (χ2n) is 13.4. The highest BCUT2D eigenvalue weighted by molar-refractivity contribution is 6.23. The van der Waals surface area contributed by atoms with E-state index in [0.717, 1.165) is 73.2 Å². The molecule has 238 valence electrons. The second-order valence-corrected chi connectivity index (χ2v) is 13.4. The van der Waals surface area contributed by atoms with Crippen LogP contribution < -0.4 is 15.5 Å². The number of carbonyl (C=O) groups excluding carboxylic acids is 4. The van der Waals surface area contributed by atoms with Crippen molar-refractivity contribution in [2.24, 2.45) is 5.92 Å². The number of likely N-dealkylation sites (N-methyl/N-ethyl adjacent to an activating group) is 1. The van der Waals surface area contributed by atoms with Crippen LogP contribution in [0.2, 0.25) is 0 Å². The van der Waals surface area contributed by atoms with Crippen molar-refractivity contribution in [2.75, 3.05) is 50.0 Å². The molecule has 1 aromatic carbocycles. The molecular formula is C34H38N8O4. The van der Waals surface area contributed by atoms with Crippen LogP contribution in [-0.2, 0) is 9.59 Å². The van der Waals surface area contributed by atoms with Crippen LogP contribution in [0.4, 0.5) is 11.5 Å². The molecule has 5 heterocycles. The first-order chi connectivity index (χ1) is 22.3. The highest BCUT2D eigenvalue weighted by Gasteiger charge is 2.44. The van der Waals surface area contributed by atoms with Gasteiger partial charge in [0.1, 0.15) is 11.9 Å². The third-order valence-electron chi connectivity index (χ3n) is 10.2. The van der Waals surface area contributed by atoms with Gasteiger partial charge in [0.15, 0.2) is 0 Å². The Hall–Kier alpha value is -4.58. The van der Waals surface area contributed by atoms with E-state index in [0.29, 0.717) is 17.9 Å². The number of hydrogen-bond acceptors (Lipinski definition) is 9. The van der Waals surface area contributed by atoms with E-state index in [4.69, 9.17) is 10.1 Å². The van der Waals surface area contributed by atoms with E-state index in [-0.39, 0.29) is 29.9 Å². The second kappa shape index (κ2) is 11.3. The first kappa shape index (κ1) is 28.9. The number of nitrogens with one attached hydrogen (secondary N) is 2. The molecule has 1 unspecified atom stereocenters. The maximum Gasteiger partial charge on any atom is 0.262 e. The Kier molecular flexibility index (Phi) is 7.12. The number of pyridine rings is 1. The Labute approximate surface area is 267 Å². The first-order valence-electron chi connectivity index (χ1n) is 16.4. The molecule has 3 aliphatic heterocycles. The van der Waals surface area contributed by atoms with Gasteiger partial charge in [-0.1, -0.05) is 6.07 Å². The monoisotopic (exact) mass is 622 g/mol. The maximum atomic E-state index is 13.2. The Morgan fingerprint density at radius 1 is 0.913 bits per heavy atom. The summed E-state index contributed by atoms with van der Waals surface area (Å²) >= 11 is 0. The summed E-state index contributed by atoms with van der Waals surface area (Å²) in [7, 11) is 2.16. The molecule has 2 aromatic heterocycles. The molecule has 8 rings (SSSR count). The first-order valence-corrected chi connectivity index (χ1v) is 16.4. The van der Waals surface area contributed by atoms with Crippen molar-refractivity contribution in [2.45, 2.75) is 56.5 Å². The van der Waals surface area contributed by atoms with Gasteiger partial charge in [0.05, 0.1) is 28.6 Å². The van der Waals surface area contributed by atoms with Crippen molar-refractivity contribution < 1.29 is 19.2 Å². The summed E-state index contributed by atoms with van der Waals surface area (Å²) in [4.78, 5) is 60.9.